The Balaban J connectivity index is 2.00. The molecule has 2 aromatic rings. The van der Waals surface area contributed by atoms with Gasteiger partial charge >= 0.3 is 5.97 Å². The van der Waals surface area contributed by atoms with E-state index in [2.05, 4.69) is 5.32 Å². The van der Waals surface area contributed by atoms with Crippen molar-refractivity contribution in [1.29, 1.82) is 5.26 Å². The van der Waals surface area contributed by atoms with Gasteiger partial charge in [-0.1, -0.05) is 34.8 Å². The number of benzene rings is 2. The summed E-state index contributed by atoms with van der Waals surface area (Å²) in [6.45, 7) is -0.541. The number of carbonyl (C=O) groups is 2. The fraction of sp³-hybridized carbons (Fsp3) is 0.0625. The number of rotatable bonds is 4. The molecule has 0 aromatic heterocycles. The van der Waals surface area contributed by atoms with Crippen molar-refractivity contribution in [3.8, 4) is 6.07 Å². The van der Waals surface area contributed by atoms with Gasteiger partial charge in [0.15, 0.2) is 6.61 Å². The third kappa shape index (κ3) is 4.87. The highest BCUT2D eigenvalue weighted by molar-refractivity contribution is 6.35. The molecule has 0 saturated carbocycles. The molecule has 8 heteroatoms. The summed E-state index contributed by atoms with van der Waals surface area (Å²) in [4.78, 5) is 23.8. The highest BCUT2D eigenvalue weighted by Gasteiger charge is 2.13. The average molecular weight is 384 g/mol. The molecular weight excluding hydrogens is 375 g/mol. The molecule has 0 aliphatic heterocycles. The number of anilines is 1. The van der Waals surface area contributed by atoms with Crippen LogP contribution in [0.2, 0.25) is 15.1 Å². The van der Waals surface area contributed by atoms with Gasteiger partial charge in [-0.25, -0.2) is 4.79 Å². The number of ether oxygens (including phenoxy) is 1. The third-order valence-corrected chi connectivity index (χ3v) is 3.48. The molecular formula is C16H9Cl3N2O3. The van der Waals surface area contributed by atoms with Gasteiger partial charge < -0.3 is 10.1 Å². The number of nitriles is 1. The number of nitrogens with one attached hydrogen (secondary N) is 1. The second-order valence-corrected chi connectivity index (χ2v) is 5.89. The van der Waals surface area contributed by atoms with Crippen LogP contribution in [0.15, 0.2) is 36.4 Å². The lowest BCUT2D eigenvalue weighted by Crippen LogP contribution is -2.21. The van der Waals surface area contributed by atoms with Crippen LogP contribution in [0, 0.1) is 11.3 Å². The zero-order valence-electron chi connectivity index (χ0n) is 12.0. The molecule has 0 spiro atoms. The van der Waals surface area contributed by atoms with Crippen molar-refractivity contribution < 1.29 is 14.3 Å². The van der Waals surface area contributed by atoms with Crippen LogP contribution in [0.1, 0.15) is 15.9 Å². The van der Waals surface area contributed by atoms with Gasteiger partial charge in [0.05, 0.1) is 16.8 Å². The summed E-state index contributed by atoms with van der Waals surface area (Å²) in [5.74, 6) is -1.36. The Morgan fingerprint density at radius 3 is 2.33 bits per heavy atom. The fourth-order valence-electron chi connectivity index (χ4n) is 1.79. The number of nitrogens with zero attached hydrogens (tertiary/aromatic N) is 1. The van der Waals surface area contributed by atoms with Gasteiger partial charge in [0.1, 0.15) is 6.07 Å². The number of esters is 1. The molecule has 0 atom stereocenters. The second kappa shape index (κ2) is 8.02. The first-order valence-electron chi connectivity index (χ1n) is 6.52. The van der Waals surface area contributed by atoms with Crippen molar-refractivity contribution in [3.63, 3.8) is 0 Å². The van der Waals surface area contributed by atoms with Gasteiger partial charge in [-0.05, 0) is 36.4 Å². The summed E-state index contributed by atoms with van der Waals surface area (Å²) < 4.78 is 4.89. The van der Waals surface area contributed by atoms with Gasteiger partial charge in [0, 0.05) is 15.1 Å². The Kier molecular flexibility index (Phi) is 6.04. The van der Waals surface area contributed by atoms with Gasteiger partial charge in [-0.3, -0.25) is 4.79 Å². The van der Waals surface area contributed by atoms with Crippen molar-refractivity contribution in [2.45, 2.75) is 0 Å². The van der Waals surface area contributed by atoms with E-state index in [1.54, 1.807) is 0 Å². The monoisotopic (exact) mass is 382 g/mol. The van der Waals surface area contributed by atoms with Crippen LogP contribution in [-0.2, 0) is 9.53 Å². The Bertz CT molecular complexity index is 827. The molecule has 0 aliphatic rings. The molecule has 1 N–H and O–H groups in total. The van der Waals surface area contributed by atoms with E-state index in [0.717, 1.165) is 0 Å². The molecule has 2 aromatic carbocycles. The molecule has 0 saturated heterocycles. The van der Waals surface area contributed by atoms with Crippen molar-refractivity contribution in [2.75, 3.05) is 11.9 Å². The van der Waals surface area contributed by atoms with Crippen LogP contribution in [0.4, 0.5) is 5.69 Å². The highest BCUT2D eigenvalue weighted by Crippen LogP contribution is 2.21. The first-order valence-corrected chi connectivity index (χ1v) is 7.65. The maximum absolute atomic E-state index is 11.9. The molecule has 24 heavy (non-hydrogen) atoms. The predicted molar refractivity (Wildman–Crippen MR) is 91.5 cm³/mol. The minimum atomic E-state index is -0.749. The Labute approximate surface area is 152 Å². The maximum atomic E-state index is 11.9. The normalized spacial score (nSPS) is 9.92. The first-order chi connectivity index (χ1) is 11.4. The zero-order chi connectivity index (χ0) is 17.7. The van der Waals surface area contributed by atoms with Crippen LogP contribution in [0.25, 0.3) is 0 Å². The fourth-order valence-corrected chi connectivity index (χ4v) is 2.49. The minimum absolute atomic E-state index is 0.126. The topological polar surface area (TPSA) is 79.2 Å². The number of carbonyl (C=O) groups excluding carboxylic acids is 2. The average Bonchev–Trinajstić information content (AvgIpc) is 2.52. The minimum Gasteiger partial charge on any atom is -0.452 e. The molecule has 0 bridgehead atoms. The molecule has 0 aliphatic carbocycles. The molecule has 122 valence electrons. The second-order valence-electron chi connectivity index (χ2n) is 4.58. The van der Waals surface area contributed by atoms with E-state index in [1.165, 1.54) is 36.4 Å². The van der Waals surface area contributed by atoms with Crippen molar-refractivity contribution >= 4 is 52.4 Å². The molecule has 0 fully saturated rings. The molecule has 2 rings (SSSR count). The van der Waals surface area contributed by atoms with E-state index in [4.69, 9.17) is 44.8 Å². The highest BCUT2D eigenvalue weighted by atomic mass is 35.5. The van der Waals surface area contributed by atoms with Crippen molar-refractivity contribution in [3.05, 3.63) is 62.6 Å². The van der Waals surface area contributed by atoms with Gasteiger partial charge in [0.2, 0.25) is 0 Å². The molecule has 5 nitrogen and oxygen atoms in total. The zero-order valence-corrected chi connectivity index (χ0v) is 14.2. The maximum Gasteiger partial charge on any atom is 0.338 e. The number of hydrogen-bond acceptors (Lipinski definition) is 4. The Morgan fingerprint density at radius 1 is 1.04 bits per heavy atom. The van der Waals surface area contributed by atoms with E-state index in [1.807, 2.05) is 6.07 Å². The van der Waals surface area contributed by atoms with Crippen molar-refractivity contribution in [1.82, 2.24) is 0 Å². The molecule has 1 amide bonds. The van der Waals surface area contributed by atoms with Crippen LogP contribution in [0.5, 0.6) is 0 Å². The standard InChI is InChI=1S/C16H9Cl3N2O3/c17-11-2-1-9(7-20)14(6-11)21-15(22)8-24-16(23)10-3-12(18)5-13(19)4-10/h1-6H,8H2,(H,21,22). The summed E-state index contributed by atoms with van der Waals surface area (Å²) >= 11 is 17.4. The van der Waals surface area contributed by atoms with Gasteiger partial charge in [-0.15, -0.1) is 0 Å². The summed E-state index contributed by atoms with van der Waals surface area (Å²) in [7, 11) is 0. The first kappa shape index (κ1) is 18.1. The van der Waals surface area contributed by atoms with Gasteiger partial charge in [-0.2, -0.15) is 5.26 Å². The lowest BCUT2D eigenvalue weighted by atomic mass is 10.2. The molecule has 0 radical (unpaired) electrons. The Morgan fingerprint density at radius 2 is 1.71 bits per heavy atom. The van der Waals surface area contributed by atoms with E-state index >= 15 is 0 Å². The SMILES string of the molecule is N#Cc1ccc(Cl)cc1NC(=O)COC(=O)c1cc(Cl)cc(Cl)c1. The lowest BCUT2D eigenvalue weighted by molar-refractivity contribution is -0.119. The summed E-state index contributed by atoms with van der Waals surface area (Å²) in [6, 6.07) is 10.6. The third-order valence-electron chi connectivity index (χ3n) is 2.81. The summed E-state index contributed by atoms with van der Waals surface area (Å²) in [6.07, 6.45) is 0. The largest absolute Gasteiger partial charge is 0.452 e. The molecule has 0 unspecified atom stereocenters. The molecule has 0 heterocycles. The summed E-state index contributed by atoms with van der Waals surface area (Å²) in [5, 5.41) is 12.3. The van der Waals surface area contributed by atoms with E-state index in [9.17, 15) is 9.59 Å². The van der Waals surface area contributed by atoms with Crippen molar-refractivity contribution in [2.24, 2.45) is 0 Å². The van der Waals surface area contributed by atoms with Crippen LogP contribution in [0.3, 0.4) is 0 Å². The lowest BCUT2D eigenvalue weighted by Gasteiger charge is -2.08. The number of amides is 1. The number of halogens is 3. The van der Waals surface area contributed by atoms with E-state index in [0.29, 0.717) is 5.02 Å². The smallest absolute Gasteiger partial charge is 0.338 e. The van der Waals surface area contributed by atoms with E-state index in [-0.39, 0.29) is 26.9 Å². The van der Waals surface area contributed by atoms with Crippen LogP contribution >= 0.6 is 34.8 Å². The Hall–Kier alpha value is -2.26. The summed E-state index contributed by atoms with van der Waals surface area (Å²) in [5.41, 5.74) is 0.596. The number of hydrogen-bond donors (Lipinski definition) is 1. The quantitative estimate of drug-likeness (QED) is 0.798. The van der Waals surface area contributed by atoms with Crippen LogP contribution < -0.4 is 5.32 Å². The van der Waals surface area contributed by atoms with Crippen LogP contribution in [-0.4, -0.2) is 18.5 Å². The van der Waals surface area contributed by atoms with E-state index < -0.39 is 18.5 Å². The van der Waals surface area contributed by atoms with Gasteiger partial charge in [0.25, 0.3) is 5.91 Å². The predicted octanol–water partition coefficient (Wildman–Crippen LogP) is 4.31.